The Morgan fingerprint density at radius 3 is 1.91 bits per heavy atom. The van der Waals surface area contributed by atoms with E-state index in [9.17, 15) is 22.0 Å². The zero-order valence-corrected chi connectivity index (χ0v) is 20.6. The lowest BCUT2D eigenvalue weighted by atomic mass is 9.68. The number of hydrogen-bond acceptors (Lipinski definition) is 1. The Balaban J connectivity index is 1.36. The molecule has 33 heavy (non-hydrogen) atoms. The number of halogens is 5. The van der Waals surface area contributed by atoms with Crippen LogP contribution in [0.1, 0.15) is 110 Å². The van der Waals surface area contributed by atoms with E-state index in [-0.39, 0.29) is 0 Å². The van der Waals surface area contributed by atoms with E-state index in [1.165, 1.54) is 57.8 Å². The lowest BCUT2D eigenvalue weighted by Crippen LogP contribution is -2.45. The van der Waals surface area contributed by atoms with Crippen molar-refractivity contribution in [2.45, 2.75) is 141 Å². The van der Waals surface area contributed by atoms with E-state index in [1.54, 1.807) is 0 Å². The van der Waals surface area contributed by atoms with Crippen LogP contribution in [0.15, 0.2) is 0 Å². The molecule has 3 aliphatic rings. The number of rotatable bonds is 10. The van der Waals surface area contributed by atoms with Crippen molar-refractivity contribution in [2.24, 2.45) is 29.6 Å². The molecule has 3 aliphatic carbocycles. The Kier molecular flexibility index (Phi) is 10.3. The van der Waals surface area contributed by atoms with Gasteiger partial charge in [0.25, 0.3) is 0 Å². The SMILES string of the molecule is CCCC(C)CCCC1CCC(C2CCC(C(F)(F)OC3CC(F)C(F)C(F)C3)CC2)CC1. The molecule has 0 spiro atoms. The number of alkyl halides is 5. The summed E-state index contributed by atoms with van der Waals surface area (Å²) in [5.41, 5.74) is 0. The van der Waals surface area contributed by atoms with Crippen LogP contribution in [0, 0.1) is 29.6 Å². The van der Waals surface area contributed by atoms with Crippen molar-refractivity contribution in [1.82, 2.24) is 0 Å². The van der Waals surface area contributed by atoms with Crippen molar-refractivity contribution in [1.29, 1.82) is 0 Å². The first kappa shape index (κ1) is 27.2. The molecular formula is C27H45F5O. The zero-order valence-electron chi connectivity index (χ0n) is 20.6. The summed E-state index contributed by atoms with van der Waals surface area (Å²) >= 11 is 0. The molecule has 0 bridgehead atoms. The van der Waals surface area contributed by atoms with E-state index in [1.807, 2.05) is 0 Å². The van der Waals surface area contributed by atoms with E-state index in [2.05, 4.69) is 13.8 Å². The fourth-order valence-electron chi connectivity index (χ4n) is 6.77. The van der Waals surface area contributed by atoms with Gasteiger partial charge in [0.15, 0.2) is 6.17 Å². The molecule has 0 saturated heterocycles. The molecule has 194 valence electrons. The van der Waals surface area contributed by atoms with E-state index in [4.69, 9.17) is 4.74 Å². The van der Waals surface area contributed by atoms with Crippen LogP contribution in [0.2, 0.25) is 0 Å². The average molecular weight is 481 g/mol. The lowest BCUT2D eigenvalue weighted by molar-refractivity contribution is -0.306. The van der Waals surface area contributed by atoms with Crippen molar-refractivity contribution in [3.8, 4) is 0 Å². The first-order valence-electron chi connectivity index (χ1n) is 13.7. The van der Waals surface area contributed by atoms with Gasteiger partial charge >= 0.3 is 6.11 Å². The molecule has 0 aliphatic heterocycles. The van der Waals surface area contributed by atoms with Gasteiger partial charge in [0, 0.05) is 12.8 Å². The maximum Gasteiger partial charge on any atom is 0.358 e. The quantitative estimate of drug-likeness (QED) is 0.284. The van der Waals surface area contributed by atoms with Gasteiger partial charge in [-0.2, -0.15) is 8.78 Å². The van der Waals surface area contributed by atoms with Crippen molar-refractivity contribution in [3.63, 3.8) is 0 Å². The van der Waals surface area contributed by atoms with Gasteiger partial charge in [-0.25, -0.2) is 13.2 Å². The van der Waals surface area contributed by atoms with Crippen LogP contribution in [0.25, 0.3) is 0 Å². The first-order chi connectivity index (χ1) is 15.7. The van der Waals surface area contributed by atoms with Crippen molar-refractivity contribution >= 4 is 0 Å². The lowest BCUT2D eigenvalue weighted by Gasteiger charge is -2.40. The third-order valence-electron chi connectivity index (χ3n) is 8.89. The molecule has 3 saturated carbocycles. The van der Waals surface area contributed by atoms with Gasteiger partial charge in [0.1, 0.15) is 12.3 Å². The summed E-state index contributed by atoms with van der Waals surface area (Å²) in [5, 5.41) is 0. The fourth-order valence-corrected chi connectivity index (χ4v) is 6.77. The van der Waals surface area contributed by atoms with E-state index in [0.29, 0.717) is 24.7 Å². The minimum absolute atomic E-state index is 0.392. The highest BCUT2D eigenvalue weighted by Crippen LogP contribution is 2.47. The molecule has 0 heterocycles. The summed E-state index contributed by atoms with van der Waals surface area (Å²) in [4.78, 5) is 0. The Bertz CT molecular complexity index is 545. The standard InChI is InChI=1S/C27H45F5O/c1-3-5-18(2)6-4-7-19-8-10-20(11-9-19)21-12-14-22(15-13-21)27(31,32)33-23-16-24(28)26(30)25(29)17-23/h18-26H,3-17H2,1-2H3. The highest BCUT2D eigenvalue weighted by Gasteiger charge is 2.48. The maximum atomic E-state index is 14.7. The molecule has 3 fully saturated rings. The van der Waals surface area contributed by atoms with E-state index in [0.717, 1.165) is 24.7 Å². The third-order valence-corrected chi connectivity index (χ3v) is 8.89. The highest BCUT2D eigenvalue weighted by molar-refractivity contribution is 4.89. The second-order valence-electron chi connectivity index (χ2n) is 11.5. The maximum absolute atomic E-state index is 14.7. The molecule has 0 radical (unpaired) electrons. The predicted octanol–water partition coefficient (Wildman–Crippen LogP) is 8.99. The monoisotopic (exact) mass is 480 g/mol. The summed E-state index contributed by atoms with van der Waals surface area (Å²) in [5.74, 6) is 1.92. The molecular weight excluding hydrogens is 435 g/mol. The van der Waals surface area contributed by atoms with Crippen LogP contribution in [0.4, 0.5) is 22.0 Å². The number of hydrogen-bond donors (Lipinski definition) is 0. The van der Waals surface area contributed by atoms with Gasteiger partial charge in [0.2, 0.25) is 0 Å². The Labute approximate surface area is 197 Å². The van der Waals surface area contributed by atoms with Gasteiger partial charge in [-0.1, -0.05) is 58.8 Å². The van der Waals surface area contributed by atoms with Gasteiger partial charge in [-0.15, -0.1) is 0 Å². The van der Waals surface area contributed by atoms with Gasteiger partial charge in [-0.3, -0.25) is 0 Å². The van der Waals surface area contributed by atoms with Crippen molar-refractivity contribution < 1.29 is 26.7 Å². The Morgan fingerprint density at radius 2 is 1.36 bits per heavy atom. The summed E-state index contributed by atoms with van der Waals surface area (Å²) in [7, 11) is 0. The highest BCUT2D eigenvalue weighted by atomic mass is 19.3. The van der Waals surface area contributed by atoms with Crippen LogP contribution >= 0.6 is 0 Å². The zero-order chi connectivity index (χ0) is 24.0. The molecule has 3 rings (SSSR count). The second kappa shape index (κ2) is 12.5. The summed E-state index contributed by atoms with van der Waals surface area (Å²) < 4.78 is 74.8. The molecule has 0 aromatic rings. The van der Waals surface area contributed by atoms with Crippen molar-refractivity contribution in [2.75, 3.05) is 0 Å². The topological polar surface area (TPSA) is 9.23 Å². The molecule has 3 atom stereocenters. The first-order valence-corrected chi connectivity index (χ1v) is 13.7. The minimum Gasteiger partial charge on any atom is -0.317 e. The third kappa shape index (κ3) is 7.80. The molecule has 3 unspecified atom stereocenters. The summed E-state index contributed by atoms with van der Waals surface area (Å²) in [6.07, 6.45) is 1.92. The van der Waals surface area contributed by atoms with Crippen molar-refractivity contribution in [3.05, 3.63) is 0 Å². The fraction of sp³-hybridized carbons (Fsp3) is 1.00. The van der Waals surface area contributed by atoms with Crippen LogP contribution in [0.3, 0.4) is 0 Å². The minimum atomic E-state index is -3.40. The average Bonchev–Trinajstić information content (AvgIpc) is 2.78. The predicted molar refractivity (Wildman–Crippen MR) is 123 cm³/mol. The summed E-state index contributed by atoms with van der Waals surface area (Å²) in [6.45, 7) is 4.61. The smallest absolute Gasteiger partial charge is 0.317 e. The molecule has 0 amide bonds. The number of ether oxygens (including phenoxy) is 1. The van der Waals surface area contributed by atoms with E-state index >= 15 is 0 Å². The summed E-state index contributed by atoms with van der Waals surface area (Å²) in [6, 6.07) is 0. The van der Waals surface area contributed by atoms with Gasteiger partial charge < -0.3 is 4.74 Å². The van der Waals surface area contributed by atoms with Gasteiger partial charge in [0.05, 0.1) is 12.0 Å². The van der Waals surface area contributed by atoms with Crippen LogP contribution < -0.4 is 0 Å². The molecule has 0 aromatic heterocycles. The van der Waals surface area contributed by atoms with E-state index < -0.39 is 49.5 Å². The Hall–Kier alpha value is -0.390. The van der Waals surface area contributed by atoms with Crippen LogP contribution in [-0.4, -0.2) is 30.7 Å². The molecule has 0 N–H and O–H groups in total. The van der Waals surface area contributed by atoms with Gasteiger partial charge in [-0.05, 0) is 62.2 Å². The largest absolute Gasteiger partial charge is 0.358 e. The normalized spacial score (nSPS) is 39.4. The van der Waals surface area contributed by atoms with Crippen LogP contribution in [0.5, 0.6) is 0 Å². The molecule has 0 aromatic carbocycles. The molecule has 1 nitrogen and oxygen atoms in total. The van der Waals surface area contributed by atoms with Crippen LogP contribution in [-0.2, 0) is 4.74 Å². The second-order valence-corrected chi connectivity index (χ2v) is 11.5. The molecule has 6 heteroatoms. The Morgan fingerprint density at radius 1 is 0.818 bits per heavy atom.